The molecule has 0 aliphatic rings. The number of nitrogens with one attached hydrogen (secondary N) is 2. The lowest BCUT2D eigenvalue weighted by atomic mass is 10.1. The zero-order chi connectivity index (χ0) is 18.4. The zero-order valence-corrected chi connectivity index (χ0v) is 14.5. The summed E-state index contributed by atoms with van der Waals surface area (Å²) in [6.45, 7) is 2.96. The van der Waals surface area contributed by atoms with Crippen LogP contribution in [0.5, 0.6) is 0 Å². The Morgan fingerprint density at radius 1 is 1.20 bits per heavy atom. The van der Waals surface area contributed by atoms with Crippen LogP contribution in [0, 0.1) is 6.92 Å². The number of benzene rings is 1. The molecule has 25 heavy (non-hydrogen) atoms. The Bertz CT molecular complexity index is 725. The fourth-order valence-corrected chi connectivity index (χ4v) is 2.30. The summed E-state index contributed by atoms with van der Waals surface area (Å²) in [5, 5.41) is 5.71. The Labute approximate surface area is 148 Å². The molecule has 0 atom stereocenters. The molecule has 0 fully saturated rings. The first-order valence-corrected chi connectivity index (χ1v) is 7.89. The van der Waals surface area contributed by atoms with E-state index in [0.717, 1.165) is 12.5 Å². The standard InChI is InChI=1S/C16H18ClF3N4O/c1-10-8-14(21-6-3-7-25-2)24-15(22-10)23-13-5-4-11(17)9-12(13)16(18,19)20/h4-5,8-9H,3,6-7H2,1-2H3,(H2,21,22,23,24). The van der Waals surface area contributed by atoms with Crippen LogP contribution in [0.2, 0.25) is 5.02 Å². The molecule has 0 saturated heterocycles. The van der Waals surface area contributed by atoms with Gasteiger partial charge in [0.1, 0.15) is 5.82 Å². The maximum atomic E-state index is 13.2. The summed E-state index contributed by atoms with van der Waals surface area (Å²) in [5.74, 6) is 0.593. The average molecular weight is 375 g/mol. The van der Waals surface area contributed by atoms with Crippen molar-refractivity contribution < 1.29 is 17.9 Å². The minimum absolute atomic E-state index is 0.00327. The van der Waals surface area contributed by atoms with Crippen LogP contribution in [0.4, 0.5) is 30.6 Å². The van der Waals surface area contributed by atoms with E-state index in [4.69, 9.17) is 16.3 Å². The molecule has 0 saturated carbocycles. The summed E-state index contributed by atoms with van der Waals surface area (Å²) in [4.78, 5) is 8.33. The third-order valence-electron chi connectivity index (χ3n) is 3.22. The first kappa shape index (κ1) is 19.3. The minimum atomic E-state index is -4.54. The molecular formula is C16H18ClF3N4O. The van der Waals surface area contributed by atoms with Crippen LogP contribution >= 0.6 is 11.6 Å². The molecule has 0 aliphatic heterocycles. The lowest BCUT2D eigenvalue weighted by molar-refractivity contribution is -0.136. The molecule has 0 aliphatic carbocycles. The molecule has 2 rings (SSSR count). The molecule has 0 unspecified atom stereocenters. The quantitative estimate of drug-likeness (QED) is 0.691. The molecule has 2 aromatic rings. The second kappa shape index (κ2) is 8.35. The van der Waals surface area contributed by atoms with E-state index in [0.29, 0.717) is 24.7 Å². The number of nitrogens with zero attached hydrogens (tertiary/aromatic N) is 2. The van der Waals surface area contributed by atoms with Crippen LogP contribution in [0.15, 0.2) is 24.3 Å². The number of halogens is 4. The van der Waals surface area contributed by atoms with Crippen LogP contribution in [0.25, 0.3) is 0 Å². The van der Waals surface area contributed by atoms with Crippen molar-refractivity contribution in [3.63, 3.8) is 0 Å². The molecule has 0 amide bonds. The molecule has 0 spiro atoms. The van der Waals surface area contributed by atoms with Gasteiger partial charge in [0.05, 0.1) is 11.3 Å². The highest BCUT2D eigenvalue weighted by atomic mass is 35.5. The van der Waals surface area contributed by atoms with Crippen LogP contribution < -0.4 is 10.6 Å². The first-order valence-electron chi connectivity index (χ1n) is 7.52. The highest BCUT2D eigenvalue weighted by Gasteiger charge is 2.34. The van der Waals surface area contributed by atoms with E-state index in [1.54, 1.807) is 20.1 Å². The predicted octanol–water partition coefficient (Wildman–Crippen LogP) is 4.65. The van der Waals surface area contributed by atoms with Crippen molar-refractivity contribution in [2.75, 3.05) is 30.9 Å². The molecule has 0 radical (unpaired) electrons. The van der Waals surface area contributed by atoms with Gasteiger partial charge < -0.3 is 15.4 Å². The van der Waals surface area contributed by atoms with Gasteiger partial charge in [-0.25, -0.2) is 4.98 Å². The Morgan fingerprint density at radius 3 is 2.64 bits per heavy atom. The third-order valence-corrected chi connectivity index (χ3v) is 3.45. The van der Waals surface area contributed by atoms with Gasteiger partial charge in [0.2, 0.25) is 5.95 Å². The van der Waals surface area contributed by atoms with Gasteiger partial charge in [0.25, 0.3) is 0 Å². The summed E-state index contributed by atoms with van der Waals surface area (Å²) in [5.41, 5.74) is -0.415. The van der Waals surface area contributed by atoms with Crippen molar-refractivity contribution in [2.24, 2.45) is 0 Å². The van der Waals surface area contributed by atoms with E-state index in [1.807, 2.05) is 0 Å². The Hall–Kier alpha value is -2.06. The molecule has 5 nitrogen and oxygen atoms in total. The monoisotopic (exact) mass is 374 g/mol. The Balaban J connectivity index is 2.22. The number of aromatic nitrogens is 2. The summed E-state index contributed by atoms with van der Waals surface area (Å²) in [7, 11) is 1.61. The van der Waals surface area contributed by atoms with Crippen LogP contribution in [-0.2, 0) is 10.9 Å². The number of ether oxygens (including phenoxy) is 1. The fourth-order valence-electron chi connectivity index (χ4n) is 2.13. The fraction of sp³-hybridized carbons (Fsp3) is 0.375. The molecule has 2 N–H and O–H groups in total. The highest BCUT2D eigenvalue weighted by molar-refractivity contribution is 6.30. The zero-order valence-electron chi connectivity index (χ0n) is 13.7. The van der Waals surface area contributed by atoms with E-state index in [-0.39, 0.29) is 16.7 Å². The van der Waals surface area contributed by atoms with Crippen molar-refractivity contribution in [1.82, 2.24) is 9.97 Å². The third kappa shape index (κ3) is 5.75. The molecule has 1 heterocycles. The SMILES string of the molecule is COCCCNc1cc(C)nc(Nc2ccc(Cl)cc2C(F)(F)F)n1. The van der Waals surface area contributed by atoms with Gasteiger partial charge in [-0.3, -0.25) is 0 Å². The van der Waals surface area contributed by atoms with Gasteiger partial charge in [0.15, 0.2) is 0 Å². The molecule has 136 valence electrons. The molecule has 1 aromatic carbocycles. The number of hydrogen-bond acceptors (Lipinski definition) is 5. The number of rotatable bonds is 7. The number of alkyl halides is 3. The van der Waals surface area contributed by atoms with E-state index in [1.165, 1.54) is 12.1 Å². The topological polar surface area (TPSA) is 59.1 Å². The normalized spacial score (nSPS) is 11.4. The van der Waals surface area contributed by atoms with E-state index >= 15 is 0 Å². The van der Waals surface area contributed by atoms with E-state index < -0.39 is 11.7 Å². The van der Waals surface area contributed by atoms with Gasteiger partial charge in [-0.2, -0.15) is 18.2 Å². The molecular weight excluding hydrogens is 357 g/mol. The Morgan fingerprint density at radius 2 is 1.96 bits per heavy atom. The summed E-state index contributed by atoms with van der Waals surface area (Å²) in [6, 6.07) is 5.20. The molecule has 1 aromatic heterocycles. The summed E-state index contributed by atoms with van der Waals surface area (Å²) in [6.07, 6.45) is -3.77. The molecule has 0 bridgehead atoms. The summed E-state index contributed by atoms with van der Waals surface area (Å²) < 4.78 is 44.5. The van der Waals surface area contributed by atoms with Crippen molar-refractivity contribution in [3.8, 4) is 0 Å². The van der Waals surface area contributed by atoms with Crippen molar-refractivity contribution in [3.05, 3.63) is 40.5 Å². The Kier molecular flexibility index (Phi) is 6.44. The van der Waals surface area contributed by atoms with Crippen molar-refractivity contribution >= 4 is 29.1 Å². The lowest BCUT2D eigenvalue weighted by Crippen LogP contribution is -2.11. The van der Waals surface area contributed by atoms with Crippen LogP contribution in [0.1, 0.15) is 17.7 Å². The van der Waals surface area contributed by atoms with Crippen LogP contribution in [0.3, 0.4) is 0 Å². The van der Waals surface area contributed by atoms with Gasteiger partial charge in [0, 0.05) is 37.0 Å². The van der Waals surface area contributed by atoms with E-state index in [2.05, 4.69) is 20.6 Å². The van der Waals surface area contributed by atoms with Crippen LogP contribution in [-0.4, -0.2) is 30.2 Å². The van der Waals surface area contributed by atoms with Gasteiger partial charge in [-0.05, 0) is 31.5 Å². The minimum Gasteiger partial charge on any atom is -0.385 e. The number of aryl methyl sites for hydroxylation is 1. The van der Waals surface area contributed by atoms with Crippen molar-refractivity contribution in [2.45, 2.75) is 19.5 Å². The smallest absolute Gasteiger partial charge is 0.385 e. The summed E-state index contributed by atoms with van der Waals surface area (Å²) >= 11 is 5.68. The predicted molar refractivity (Wildman–Crippen MR) is 91.5 cm³/mol. The van der Waals surface area contributed by atoms with E-state index in [9.17, 15) is 13.2 Å². The highest BCUT2D eigenvalue weighted by Crippen LogP contribution is 2.37. The van der Waals surface area contributed by atoms with Crippen molar-refractivity contribution in [1.29, 1.82) is 0 Å². The first-order chi connectivity index (χ1) is 11.8. The van der Waals surface area contributed by atoms with Gasteiger partial charge >= 0.3 is 6.18 Å². The average Bonchev–Trinajstić information content (AvgIpc) is 2.52. The largest absolute Gasteiger partial charge is 0.418 e. The second-order valence-corrected chi connectivity index (χ2v) is 5.74. The lowest BCUT2D eigenvalue weighted by Gasteiger charge is -2.15. The maximum absolute atomic E-state index is 13.2. The number of hydrogen-bond donors (Lipinski definition) is 2. The molecule has 9 heteroatoms. The van der Waals surface area contributed by atoms with Gasteiger partial charge in [-0.15, -0.1) is 0 Å². The maximum Gasteiger partial charge on any atom is 0.418 e. The second-order valence-electron chi connectivity index (χ2n) is 5.30. The number of methoxy groups -OCH3 is 1. The number of anilines is 3. The van der Waals surface area contributed by atoms with Gasteiger partial charge in [-0.1, -0.05) is 11.6 Å².